The van der Waals surface area contributed by atoms with Crippen LogP contribution in [0.1, 0.15) is 18.4 Å². The first kappa shape index (κ1) is 9.34. The Kier molecular flexibility index (Phi) is 2.59. The van der Waals surface area contributed by atoms with E-state index < -0.39 is 0 Å². The van der Waals surface area contributed by atoms with Crippen molar-refractivity contribution in [1.29, 1.82) is 0 Å². The minimum atomic E-state index is 0.346. The molecule has 1 aromatic carbocycles. The van der Waals surface area contributed by atoms with Crippen molar-refractivity contribution in [2.75, 3.05) is 20.4 Å². The zero-order chi connectivity index (χ0) is 9.97. The highest BCUT2D eigenvalue weighted by Crippen LogP contribution is 2.34. The van der Waals surface area contributed by atoms with E-state index in [4.69, 9.17) is 9.47 Å². The molecular weight excluding hydrogens is 178 g/mol. The largest absolute Gasteiger partial charge is 0.454 e. The van der Waals surface area contributed by atoms with Gasteiger partial charge >= 0.3 is 0 Å². The third-order valence-electron chi connectivity index (χ3n) is 2.48. The van der Waals surface area contributed by atoms with Crippen molar-refractivity contribution in [1.82, 2.24) is 5.32 Å². The van der Waals surface area contributed by atoms with Crippen LogP contribution in [-0.4, -0.2) is 20.4 Å². The second-order valence-electron chi connectivity index (χ2n) is 3.57. The monoisotopic (exact) mass is 193 g/mol. The zero-order valence-corrected chi connectivity index (χ0v) is 8.54. The molecule has 0 saturated carbocycles. The van der Waals surface area contributed by atoms with E-state index in [-0.39, 0.29) is 0 Å². The number of likely N-dealkylation sites (N-methyl/N-ethyl adjacent to an activating group) is 1. The van der Waals surface area contributed by atoms with Gasteiger partial charge in [0.2, 0.25) is 6.79 Å². The van der Waals surface area contributed by atoms with Crippen molar-refractivity contribution in [3.8, 4) is 11.5 Å². The Labute approximate surface area is 84.0 Å². The summed E-state index contributed by atoms with van der Waals surface area (Å²) in [5.74, 6) is 2.21. The number of rotatable bonds is 3. The van der Waals surface area contributed by atoms with E-state index in [1.807, 2.05) is 13.1 Å². The fourth-order valence-electron chi connectivity index (χ4n) is 1.64. The summed E-state index contributed by atoms with van der Waals surface area (Å²) < 4.78 is 10.6. The van der Waals surface area contributed by atoms with E-state index in [1.54, 1.807) is 0 Å². The van der Waals surface area contributed by atoms with E-state index in [9.17, 15) is 0 Å². The molecule has 1 N–H and O–H groups in total. The fourth-order valence-corrected chi connectivity index (χ4v) is 1.64. The van der Waals surface area contributed by atoms with Gasteiger partial charge in [-0.3, -0.25) is 0 Å². The molecule has 1 aliphatic rings. The molecule has 0 saturated heterocycles. The number of nitrogens with one attached hydrogen (secondary N) is 1. The highest BCUT2D eigenvalue weighted by molar-refractivity contribution is 5.45. The average molecular weight is 193 g/mol. The van der Waals surface area contributed by atoms with Crippen LogP contribution < -0.4 is 14.8 Å². The molecule has 0 unspecified atom stereocenters. The van der Waals surface area contributed by atoms with Gasteiger partial charge in [0, 0.05) is 6.54 Å². The molecule has 0 spiro atoms. The summed E-state index contributed by atoms with van der Waals surface area (Å²) in [5.41, 5.74) is 1.28. The van der Waals surface area contributed by atoms with Crippen LogP contribution in [0.3, 0.4) is 0 Å². The van der Waals surface area contributed by atoms with Crippen LogP contribution in [0.15, 0.2) is 18.2 Å². The van der Waals surface area contributed by atoms with Crippen molar-refractivity contribution < 1.29 is 9.47 Å². The number of fused-ring (bicyclic) bond motifs is 1. The van der Waals surface area contributed by atoms with Gasteiger partial charge in [-0.15, -0.1) is 0 Å². The molecule has 1 atom stereocenters. The Morgan fingerprint density at radius 1 is 1.36 bits per heavy atom. The molecular formula is C11H15NO2. The molecule has 0 amide bonds. The predicted molar refractivity (Wildman–Crippen MR) is 54.9 cm³/mol. The van der Waals surface area contributed by atoms with Crippen LogP contribution in [0, 0.1) is 0 Å². The van der Waals surface area contributed by atoms with Gasteiger partial charge in [-0.2, -0.15) is 0 Å². The van der Waals surface area contributed by atoms with Crippen molar-refractivity contribution in [2.45, 2.75) is 12.8 Å². The summed E-state index contributed by atoms with van der Waals surface area (Å²) in [6.45, 7) is 3.51. The first-order valence-corrected chi connectivity index (χ1v) is 4.85. The van der Waals surface area contributed by atoms with Crippen molar-refractivity contribution in [2.24, 2.45) is 0 Å². The maximum atomic E-state index is 5.32. The highest BCUT2D eigenvalue weighted by atomic mass is 16.7. The van der Waals surface area contributed by atoms with E-state index in [2.05, 4.69) is 24.4 Å². The SMILES string of the molecule is CNC[C@H](C)c1ccc2c(c1)OCO2. The third-order valence-corrected chi connectivity index (χ3v) is 2.48. The first-order valence-electron chi connectivity index (χ1n) is 4.85. The molecule has 0 aromatic heterocycles. The minimum Gasteiger partial charge on any atom is -0.454 e. The highest BCUT2D eigenvalue weighted by Gasteiger charge is 2.15. The van der Waals surface area contributed by atoms with Gasteiger partial charge in [0.15, 0.2) is 11.5 Å². The van der Waals surface area contributed by atoms with Crippen LogP contribution in [0.25, 0.3) is 0 Å². The second-order valence-corrected chi connectivity index (χ2v) is 3.57. The molecule has 76 valence electrons. The number of hydrogen-bond acceptors (Lipinski definition) is 3. The summed E-state index contributed by atoms with van der Waals surface area (Å²) >= 11 is 0. The van der Waals surface area contributed by atoms with E-state index >= 15 is 0 Å². The smallest absolute Gasteiger partial charge is 0.231 e. The Morgan fingerprint density at radius 2 is 2.14 bits per heavy atom. The lowest BCUT2D eigenvalue weighted by atomic mass is 10.0. The van der Waals surface area contributed by atoms with Crippen LogP contribution in [0.5, 0.6) is 11.5 Å². The van der Waals surface area contributed by atoms with Crippen LogP contribution in [0.4, 0.5) is 0 Å². The summed E-state index contributed by atoms with van der Waals surface area (Å²) in [6, 6.07) is 6.13. The average Bonchev–Trinajstić information content (AvgIpc) is 2.64. The van der Waals surface area contributed by atoms with Gasteiger partial charge in [-0.1, -0.05) is 13.0 Å². The minimum absolute atomic E-state index is 0.346. The maximum absolute atomic E-state index is 5.32. The van der Waals surface area contributed by atoms with Gasteiger partial charge in [-0.05, 0) is 30.7 Å². The molecule has 0 fully saturated rings. The molecule has 0 radical (unpaired) electrons. The Balaban J connectivity index is 2.19. The summed E-state index contributed by atoms with van der Waals surface area (Å²) in [4.78, 5) is 0. The third kappa shape index (κ3) is 1.68. The standard InChI is InChI=1S/C11H15NO2/c1-8(6-12-2)9-3-4-10-11(5-9)14-7-13-10/h3-5,8,12H,6-7H2,1-2H3/t8-/m0/s1. The number of benzene rings is 1. The van der Waals surface area contributed by atoms with E-state index in [1.165, 1.54) is 5.56 Å². The maximum Gasteiger partial charge on any atom is 0.231 e. The van der Waals surface area contributed by atoms with E-state index in [0.29, 0.717) is 12.7 Å². The molecule has 1 aromatic rings. The van der Waals surface area contributed by atoms with Gasteiger partial charge in [0.25, 0.3) is 0 Å². The topological polar surface area (TPSA) is 30.5 Å². The second kappa shape index (κ2) is 3.88. The van der Waals surface area contributed by atoms with Gasteiger partial charge in [0.1, 0.15) is 0 Å². The van der Waals surface area contributed by atoms with Crippen molar-refractivity contribution in [3.63, 3.8) is 0 Å². The van der Waals surface area contributed by atoms with Crippen molar-refractivity contribution in [3.05, 3.63) is 23.8 Å². The van der Waals surface area contributed by atoms with Crippen molar-refractivity contribution >= 4 is 0 Å². The first-order chi connectivity index (χ1) is 6.81. The lowest BCUT2D eigenvalue weighted by Crippen LogP contribution is -2.14. The summed E-state index contributed by atoms with van der Waals surface area (Å²) in [7, 11) is 1.96. The lowest BCUT2D eigenvalue weighted by Gasteiger charge is -2.11. The molecule has 3 heteroatoms. The predicted octanol–water partition coefficient (Wildman–Crippen LogP) is 1.74. The van der Waals surface area contributed by atoms with Crippen LogP contribution >= 0.6 is 0 Å². The molecule has 1 heterocycles. The molecule has 2 rings (SSSR count). The summed E-state index contributed by atoms with van der Waals surface area (Å²) in [5, 5.41) is 3.16. The van der Waals surface area contributed by atoms with E-state index in [0.717, 1.165) is 18.0 Å². The van der Waals surface area contributed by atoms with Gasteiger partial charge < -0.3 is 14.8 Å². The quantitative estimate of drug-likeness (QED) is 0.793. The normalized spacial score (nSPS) is 15.6. The Hall–Kier alpha value is -1.22. The Bertz CT molecular complexity index is 325. The number of ether oxygens (including phenoxy) is 2. The Morgan fingerprint density at radius 3 is 2.93 bits per heavy atom. The zero-order valence-electron chi connectivity index (χ0n) is 8.54. The fraction of sp³-hybridized carbons (Fsp3) is 0.455. The molecule has 0 aliphatic carbocycles. The molecule has 1 aliphatic heterocycles. The van der Waals surface area contributed by atoms with Crippen LogP contribution in [-0.2, 0) is 0 Å². The van der Waals surface area contributed by atoms with Crippen LogP contribution in [0.2, 0.25) is 0 Å². The lowest BCUT2D eigenvalue weighted by molar-refractivity contribution is 0.174. The molecule has 3 nitrogen and oxygen atoms in total. The van der Waals surface area contributed by atoms with Gasteiger partial charge in [-0.25, -0.2) is 0 Å². The summed E-state index contributed by atoms with van der Waals surface area (Å²) in [6.07, 6.45) is 0. The molecule has 0 bridgehead atoms. The van der Waals surface area contributed by atoms with Gasteiger partial charge in [0.05, 0.1) is 0 Å². The molecule has 14 heavy (non-hydrogen) atoms. The number of hydrogen-bond donors (Lipinski definition) is 1.